The zero-order valence-electron chi connectivity index (χ0n) is 20.2. The van der Waals surface area contributed by atoms with Crippen molar-refractivity contribution in [3.8, 4) is 23.0 Å². The van der Waals surface area contributed by atoms with Crippen molar-refractivity contribution in [2.75, 3.05) is 34.4 Å². The molecule has 2 heterocycles. The summed E-state index contributed by atoms with van der Waals surface area (Å²) in [6.45, 7) is 6.43. The number of aliphatic imine (C=N–C) groups is 1. The Hall–Kier alpha value is -2.77. The molecule has 0 bridgehead atoms. The number of likely N-dealkylation sites (tertiary alicyclic amines) is 1. The van der Waals surface area contributed by atoms with Crippen molar-refractivity contribution in [3.63, 3.8) is 0 Å². The first kappa shape index (κ1) is 23.4. The lowest BCUT2D eigenvalue weighted by Gasteiger charge is -2.46. The Kier molecular flexibility index (Phi) is 6.81. The second-order valence-corrected chi connectivity index (χ2v) is 9.09. The molecule has 0 aromatic heterocycles. The summed E-state index contributed by atoms with van der Waals surface area (Å²) < 4.78 is 16.3. The molecule has 0 saturated carbocycles. The molecule has 0 amide bonds. The lowest BCUT2D eigenvalue weighted by Crippen LogP contribution is -2.56. The fourth-order valence-electron chi connectivity index (χ4n) is 4.94. The van der Waals surface area contributed by atoms with Crippen LogP contribution in [-0.4, -0.2) is 61.8 Å². The maximum absolute atomic E-state index is 10.9. The highest BCUT2D eigenvalue weighted by molar-refractivity contribution is 6.02. The molecule has 0 unspecified atom stereocenters. The first-order chi connectivity index (χ1) is 15.9. The Labute approximate surface area is 196 Å². The third-order valence-corrected chi connectivity index (χ3v) is 6.89. The van der Waals surface area contributed by atoms with Crippen molar-refractivity contribution in [1.29, 1.82) is 0 Å². The fourth-order valence-corrected chi connectivity index (χ4v) is 4.94. The quantitative estimate of drug-likeness (QED) is 0.685. The summed E-state index contributed by atoms with van der Waals surface area (Å²) in [5.41, 5.74) is 2.45. The molecule has 178 valence electrons. The SMILES string of the molecule is COc1ccc(C2=NC3(CCN(C(C)C)CC3)N[C@@H](c3cccc(OC)c3O)C2)cc1OC. The van der Waals surface area contributed by atoms with Crippen molar-refractivity contribution in [2.24, 2.45) is 4.99 Å². The van der Waals surface area contributed by atoms with Gasteiger partial charge in [-0.15, -0.1) is 0 Å². The Morgan fingerprint density at radius 1 is 1.00 bits per heavy atom. The number of phenols is 1. The summed E-state index contributed by atoms with van der Waals surface area (Å²) >= 11 is 0. The van der Waals surface area contributed by atoms with E-state index in [1.54, 1.807) is 27.4 Å². The molecule has 0 radical (unpaired) electrons. The van der Waals surface area contributed by atoms with E-state index in [0.29, 0.717) is 29.7 Å². The summed E-state index contributed by atoms with van der Waals surface area (Å²) in [6.07, 6.45) is 2.46. The molecule has 1 spiro atoms. The molecule has 7 nitrogen and oxygen atoms in total. The van der Waals surface area contributed by atoms with Crippen LogP contribution in [0.1, 0.15) is 50.3 Å². The predicted molar refractivity (Wildman–Crippen MR) is 130 cm³/mol. The van der Waals surface area contributed by atoms with Gasteiger partial charge in [0.25, 0.3) is 0 Å². The number of para-hydroxylation sites is 1. The van der Waals surface area contributed by atoms with Gasteiger partial charge in [-0.3, -0.25) is 10.3 Å². The van der Waals surface area contributed by atoms with Crippen molar-refractivity contribution >= 4 is 5.71 Å². The number of nitrogens with zero attached hydrogens (tertiary/aromatic N) is 2. The number of aromatic hydroxyl groups is 1. The van der Waals surface area contributed by atoms with Crippen LogP contribution in [0.2, 0.25) is 0 Å². The molecule has 2 aromatic rings. The number of benzene rings is 2. The Bertz CT molecular complexity index is 1010. The lowest BCUT2D eigenvalue weighted by molar-refractivity contribution is 0.103. The van der Waals surface area contributed by atoms with Crippen LogP contribution >= 0.6 is 0 Å². The number of ether oxygens (including phenoxy) is 3. The highest BCUT2D eigenvalue weighted by Gasteiger charge is 2.41. The highest BCUT2D eigenvalue weighted by atomic mass is 16.5. The van der Waals surface area contributed by atoms with Gasteiger partial charge in [0.05, 0.1) is 21.3 Å². The van der Waals surface area contributed by atoms with Crippen LogP contribution in [0, 0.1) is 0 Å². The molecule has 0 aliphatic carbocycles. The van der Waals surface area contributed by atoms with Gasteiger partial charge in [-0.05, 0) is 56.5 Å². The van der Waals surface area contributed by atoms with Crippen LogP contribution in [0.5, 0.6) is 23.0 Å². The minimum atomic E-state index is -0.383. The monoisotopic (exact) mass is 453 g/mol. The van der Waals surface area contributed by atoms with Crippen LogP contribution in [0.4, 0.5) is 0 Å². The van der Waals surface area contributed by atoms with Gasteiger partial charge in [0.2, 0.25) is 0 Å². The molecule has 1 atom stereocenters. The average molecular weight is 454 g/mol. The van der Waals surface area contributed by atoms with Crippen LogP contribution in [0.15, 0.2) is 41.4 Å². The molecular formula is C26H35N3O4. The van der Waals surface area contributed by atoms with Crippen LogP contribution < -0.4 is 19.5 Å². The Morgan fingerprint density at radius 2 is 1.70 bits per heavy atom. The third-order valence-electron chi connectivity index (χ3n) is 6.89. The van der Waals surface area contributed by atoms with E-state index in [9.17, 15) is 5.11 Å². The molecule has 1 saturated heterocycles. The minimum absolute atomic E-state index is 0.0914. The van der Waals surface area contributed by atoms with Crippen LogP contribution in [0.25, 0.3) is 0 Å². The van der Waals surface area contributed by atoms with Gasteiger partial charge in [-0.1, -0.05) is 12.1 Å². The van der Waals surface area contributed by atoms with Gasteiger partial charge in [0.15, 0.2) is 23.0 Å². The summed E-state index contributed by atoms with van der Waals surface area (Å²) in [5, 5.41) is 14.7. The fraction of sp³-hybridized carbons (Fsp3) is 0.500. The van der Waals surface area contributed by atoms with Crippen LogP contribution in [-0.2, 0) is 0 Å². The highest BCUT2D eigenvalue weighted by Crippen LogP contribution is 2.41. The first-order valence-electron chi connectivity index (χ1n) is 11.6. The second-order valence-electron chi connectivity index (χ2n) is 9.09. The van der Waals surface area contributed by atoms with Crippen LogP contribution in [0.3, 0.4) is 0 Å². The molecule has 1 fully saturated rings. The Balaban J connectivity index is 1.74. The summed E-state index contributed by atoms with van der Waals surface area (Å²) in [4.78, 5) is 7.78. The summed E-state index contributed by atoms with van der Waals surface area (Å²) in [5.74, 6) is 2.03. The average Bonchev–Trinajstić information content (AvgIpc) is 2.83. The topological polar surface area (TPSA) is 75.6 Å². The molecule has 2 aliphatic rings. The van der Waals surface area contributed by atoms with Gasteiger partial charge in [0.1, 0.15) is 5.66 Å². The van der Waals surface area contributed by atoms with E-state index in [0.717, 1.165) is 42.8 Å². The van der Waals surface area contributed by atoms with Gasteiger partial charge in [0, 0.05) is 42.9 Å². The standard InChI is InChI=1S/C26H35N3O4/c1-17(2)29-13-11-26(12-14-29)27-20(18-9-10-22(31-3)24(15-18)33-5)16-21(28-26)19-7-6-8-23(32-4)25(19)30/h6-10,15,17,21,28,30H,11-14,16H2,1-5H3/t21-/m1/s1. The van der Waals surface area contributed by atoms with Gasteiger partial charge in [-0.2, -0.15) is 0 Å². The number of piperidine rings is 1. The van der Waals surface area contributed by atoms with E-state index in [-0.39, 0.29) is 17.5 Å². The zero-order chi connectivity index (χ0) is 23.6. The van der Waals surface area contributed by atoms with E-state index in [1.165, 1.54) is 0 Å². The van der Waals surface area contributed by atoms with Crippen molar-refractivity contribution < 1.29 is 19.3 Å². The molecule has 7 heteroatoms. The molecule has 4 rings (SSSR count). The van der Waals surface area contributed by atoms with E-state index >= 15 is 0 Å². The maximum atomic E-state index is 10.9. The van der Waals surface area contributed by atoms with E-state index in [1.807, 2.05) is 30.3 Å². The second kappa shape index (κ2) is 9.61. The summed E-state index contributed by atoms with van der Waals surface area (Å²) in [6, 6.07) is 12.0. The van der Waals surface area contributed by atoms with E-state index < -0.39 is 0 Å². The first-order valence-corrected chi connectivity index (χ1v) is 11.6. The predicted octanol–water partition coefficient (Wildman–Crippen LogP) is 4.14. The number of hydrogen-bond acceptors (Lipinski definition) is 7. The third kappa shape index (κ3) is 4.66. The Morgan fingerprint density at radius 3 is 2.33 bits per heavy atom. The van der Waals surface area contributed by atoms with Crippen molar-refractivity contribution in [2.45, 2.75) is 50.9 Å². The number of hydrogen-bond donors (Lipinski definition) is 2. The lowest BCUT2D eigenvalue weighted by atomic mass is 9.87. The molecule has 2 aromatic carbocycles. The van der Waals surface area contributed by atoms with Gasteiger partial charge >= 0.3 is 0 Å². The molecule has 2 N–H and O–H groups in total. The number of methoxy groups -OCH3 is 3. The zero-order valence-corrected chi connectivity index (χ0v) is 20.2. The van der Waals surface area contributed by atoms with E-state index in [2.05, 4.69) is 24.1 Å². The normalized spacial score (nSPS) is 20.5. The maximum Gasteiger partial charge on any atom is 0.162 e. The number of nitrogens with one attached hydrogen (secondary N) is 1. The smallest absolute Gasteiger partial charge is 0.162 e. The largest absolute Gasteiger partial charge is 0.504 e. The summed E-state index contributed by atoms with van der Waals surface area (Å²) in [7, 11) is 4.86. The van der Waals surface area contributed by atoms with Crippen molar-refractivity contribution in [3.05, 3.63) is 47.5 Å². The number of phenolic OH excluding ortho intramolecular Hbond substituents is 1. The minimum Gasteiger partial charge on any atom is -0.504 e. The van der Waals surface area contributed by atoms with Gasteiger partial charge < -0.3 is 24.2 Å². The molecule has 33 heavy (non-hydrogen) atoms. The molecule has 2 aliphatic heterocycles. The van der Waals surface area contributed by atoms with E-state index in [4.69, 9.17) is 19.2 Å². The molecular weight excluding hydrogens is 418 g/mol. The van der Waals surface area contributed by atoms with Crippen molar-refractivity contribution in [1.82, 2.24) is 10.2 Å². The van der Waals surface area contributed by atoms with Gasteiger partial charge in [-0.25, -0.2) is 0 Å². The number of rotatable bonds is 6.